The predicted octanol–water partition coefficient (Wildman–Crippen LogP) is 4.28. The molecule has 1 unspecified atom stereocenters. The van der Waals surface area contributed by atoms with Crippen LogP contribution in [0.25, 0.3) is 0 Å². The van der Waals surface area contributed by atoms with Gasteiger partial charge in [0.05, 0.1) is 0 Å². The molecule has 0 spiro atoms. The van der Waals surface area contributed by atoms with Gasteiger partial charge in [0.15, 0.2) is 11.6 Å². The Morgan fingerprint density at radius 1 is 0.944 bits per heavy atom. The normalized spacial score (nSPS) is 12.2. The van der Waals surface area contributed by atoms with E-state index >= 15 is 0 Å². The molecule has 2 rings (SSSR count). The molecule has 0 aliphatic heterocycles. The molecule has 2 aromatic carbocycles. The minimum absolute atomic E-state index is 0.277. The van der Waals surface area contributed by atoms with E-state index in [0.29, 0.717) is 12.1 Å². The third kappa shape index (κ3) is 2.64. The second-order valence-corrected chi connectivity index (χ2v) is 4.02. The van der Waals surface area contributed by atoms with E-state index in [-0.39, 0.29) is 11.7 Å². The van der Waals surface area contributed by atoms with Crippen LogP contribution in [0.2, 0.25) is 0 Å². The zero-order valence-corrected chi connectivity index (χ0v) is 9.75. The lowest BCUT2D eigenvalue weighted by Gasteiger charge is -2.16. The fourth-order valence-corrected chi connectivity index (χ4v) is 1.72. The van der Waals surface area contributed by atoms with Crippen molar-refractivity contribution in [3.8, 4) is 0 Å². The highest BCUT2D eigenvalue weighted by Gasteiger charge is 2.14. The van der Waals surface area contributed by atoms with Gasteiger partial charge < -0.3 is 5.32 Å². The lowest BCUT2D eigenvalue weighted by molar-refractivity contribution is 0.545. The summed E-state index contributed by atoms with van der Waals surface area (Å²) in [5.41, 5.74) is 0.577. The summed E-state index contributed by atoms with van der Waals surface area (Å²) in [7, 11) is 0. The van der Waals surface area contributed by atoms with E-state index in [4.69, 9.17) is 0 Å². The summed E-state index contributed by atoms with van der Waals surface area (Å²) < 4.78 is 39.7. The van der Waals surface area contributed by atoms with Crippen molar-refractivity contribution in [3.05, 3.63) is 65.5 Å². The first kappa shape index (κ1) is 12.5. The van der Waals surface area contributed by atoms with Crippen LogP contribution in [0.3, 0.4) is 0 Å². The molecule has 1 N–H and O–H groups in total. The van der Waals surface area contributed by atoms with E-state index in [1.54, 1.807) is 6.92 Å². The SMILES string of the molecule is CC(Nc1c(F)cc(F)cc1F)c1ccccc1. The van der Waals surface area contributed by atoms with Crippen LogP contribution < -0.4 is 5.32 Å². The summed E-state index contributed by atoms with van der Waals surface area (Å²) in [4.78, 5) is 0. The van der Waals surface area contributed by atoms with Crippen LogP contribution in [0, 0.1) is 17.5 Å². The molecular weight excluding hydrogens is 239 g/mol. The Balaban J connectivity index is 2.25. The fourth-order valence-electron chi connectivity index (χ4n) is 1.72. The van der Waals surface area contributed by atoms with Crippen molar-refractivity contribution in [3.63, 3.8) is 0 Å². The molecule has 0 amide bonds. The van der Waals surface area contributed by atoms with Crippen LogP contribution >= 0.6 is 0 Å². The highest BCUT2D eigenvalue weighted by atomic mass is 19.1. The third-order valence-corrected chi connectivity index (χ3v) is 2.67. The lowest BCUT2D eigenvalue weighted by atomic mass is 10.1. The van der Waals surface area contributed by atoms with Crippen molar-refractivity contribution in [2.24, 2.45) is 0 Å². The van der Waals surface area contributed by atoms with Crippen LogP contribution in [-0.2, 0) is 0 Å². The molecule has 2 aromatic rings. The monoisotopic (exact) mass is 251 g/mol. The van der Waals surface area contributed by atoms with Crippen molar-refractivity contribution in [2.75, 3.05) is 5.32 Å². The van der Waals surface area contributed by atoms with E-state index in [9.17, 15) is 13.2 Å². The van der Waals surface area contributed by atoms with Gasteiger partial charge in [-0.15, -0.1) is 0 Å². The molecule has 1 atom stereocenters. The molecular formula is C14H12F3N. The molecule has 94 valence electrons. The number of rotatable bonds is 3. The van der Waals surface area contributed by atoms with Crippen LogP contribution in [0.4, 0.5) is 18.9 Å². The highest BCUT2D eigenvalue weighted by molar-refractivity contribution is 5.48. The van der Waals surface area contributed by atoms with Gasteiger partial charge in [-0.05, 0) is 12.5 Å². The Kier molecular flexibility index (Phi) is 3.55. The lowest BCUT2D eigenvalue weighted by Crippen LogP contribution is -2.09. The Hall–Kier alpha value is -1.97. The summed E-state index contributed by atoms with van der Waals surface area (Å²) in [6, 6.07) is 10.3. The number of benzene rings is 2. The topological polar surface area (TPSA) is 12.0 Å². The second kappa shape index (κ2) is 5.12. The summed E-state index contributed by atoms with van der Waals surface area (Å²) in [6.45, 7) is 1.78. The molecule has 0 saturated heterocycles. The molecule has 4 heteroatoms. The van der Waals surface area contributed by atoms with E-state index in [1.807, 2.05) is 30.3 Å². The average Bonchev–Trinajstić information content (AvgIpc) is 2.34. The standard InChI is InChI=1S/C14H12F3N/c1-9(10-5-3-2-4-6-10)18-14-12(16)7-11(15)8-13(14)17/h2-9,18H,1H3. The van der Waals surface area contributed by atoms with Gasteiger partial charge in [0, 0.05) is 18.2 Å². The molecule has 0 aromatic heterocycles. The maximum absolute atomic E-state index is 13.4. The number of hydrogen-bond acceptors (Lipinski definition) is 1. The minimum Gasteiger partial charge on any atom is -0.374 e. The molecule has 0 bridgehead atoms. The van der Waals surface area contributed by atoms with Gasteiger partial charge in [-0.25, -0.2) is 13.2 Å². The molecule has 1 nitrogen and oxygen atoms in total. The smallest absolute Gasteiger partial charge is 0.152 e. The first-order chi connectivity index (χ1) is 8.58. The van der Waals surface area contributed by atoms with Gasteiger partial charge in [-0.2, -0.15) is 0 Å². The van der Waals surface area contributed by atoms with E-state index in [1.165, 1.54) is 0 Å². The van der Waals surface area contributed by atoms with Gasteiger partial charge >= 0.3 is 0 Å². The molecule has 0 fully saturated rings. The Morgan fingerprint density at radius 2 is 1.50 bits per heavy atom. The van der Waals surface area contributed by atoms with Crippen molar-refractivity contribution in [1.82, 2.24) is 0 Å². The first-order valence-corrected chi connectivity index (χ1v) is 5.54. The van der Waals surface area contributed by atoms with Gasteiger partial charge in [-0.3, -0.25) is 0 Å². The van der Waals surface area contributed by atoms with Crippen LogP contribution in [0.1, 0.15) is 18.5 Å². The largest absolute Gasteiger partial charge is 0.374 e. The first-order valence-electron chi connectivity index (χ1n) is 5.54. The van der Waals surface area contributed by atoms with Crippen molar-refractivity contribution in [2.45, 2.75) is 13.0 Å². The van der Waals surface area contributed by atoms with Gasteiger partial charge in [0.25, 0.3) is 0 Å². The number of anilines is 1. The van der Waals surface area contributed by atoms with E-state index < -0.39 is 17.5 Å². The Bertz CT molecular complexity index is 517. The Labute approximate surface area is 103 Å². The van der Waals surface area contributed by atoms with Crippen molar-refractivity contribution >= 4 is 5.69 Å². The van der Waals surface area contributed by atoms with Crippen molar-refractivity contribution < 1.29 is 13.2 Å². The zero-order chi connectivity index (χ0) is 13.1. The molecule has 18 heavy (non-hydrogen) atoms. The maximum atomic E-state index is 13.4. The minimum atomic E-state index is -0.935. The highest BCUT2D eigenvalue weighted by Crippen LogP contribution is 2.25. The number of halogens is 3. The third-order valence-electron chi connectivity index (χ3n) is 2.67. The van der Waals surface area contributed by atoms with Crippen LogP contribution in [0.5, 0.6) is 0 Å². The maximum Gasteiger partial charge on any atom is 0.152 e. The Morgan fingerprint density at radius 3 is 2.06 bits per heavy atom. The predicted molar refractivity (Wildman–Crippen MR) is 64.8 cm³/mol. The summed E-state index contributed by atoms with van der Waals surface area (Å²) in [6.07, 6.45) is 0. The number of hydrogen-bond donors (Lipinski definition) is 1. The van der Waals surface area contributed by atoms with Gasteiger partial charge in [-0.1, -0.05) is 30.3 Å². The molecule has 0 heterocycles. The van der Waals surface area contributed by atoms with E-state index in [0.717, 1.165) is 5.56 Å². The zero-order valence-electron chi connectivity index (χ0n) is 9.75. The summed E-state index contributed by atoms with van der Waals surface area (Å²) >= 11 is 0. The van der Waals surface area contributed by atoms with Gasteiger partial charge in [0.2, 0.25) is 0 Å². The van der Waals surface area contributed by atoms with E-state index in [2.05, 4.69) is 5.32 Å². The quantitative estimate of drug-likeness (QED) is 0.858. The van der Waals surface area contributed by atoms with Crippen LogP contribution in [0.15, 0.2) is 42.5 Å². The molecule has 0 saturated carbocycles. The number of nitrogens with one attached hydrogen (secondary N) is 1. The molecule has 0 aliphatic carbocycles. The fraction of sp³-hybridized carbons (Fsp3) is 0.143. The average molecular weight is 251 g/mol. The van der Waals surface area contributed by atoms with Crippen LogP contribution in [-0.4, -0.2) is 0 Å². The summed E-state index contributed by atoms with van der Waals surface area (Å²) in [5, 5.41) is 2.71. The molecule has 0 aliphatic rings. The molecule has 0 radical (unpaired) electrons. The second-order valence-electron chi connectivity index (χ2n) is 4.02. The van der Waals surface area contributed by atoms with Gasteiger partial charge in [0.1, 0.15) is 11.5 Å². The summed E-state index contributed by atoms with van der Waals surface area (Å²) in [5.74, 6) is -2.80. The van der Waals surface area contributed by atoms with Crippen molar-refractivity contribution in [1.29, 1.82) is 0 Å².